The monoisotopic (exact) mass is 1060 g/mol. The number of para-hydroxylation sites is 2. The minimum Gasteiger partial charge on any atom is -0.309 e. The molecular formula is C78H53N5. The number of nitrogens with zero attached hydrogens (tertiary/aromatic N) is 5. The summed E-state index contributed by atoms with van der Waals surface area (Å²) >= 11 is 0. The molecule has 83 heavy (non-hydrogen) atoms. The summed E-state index contributed by atoms with van der Waals surface area (Å²) in [6, 6.07) is 103. The Morgan fingerprint density at radius 1 is 0.265 bits per heavy atom. The topological polar surface area (TPSA) is 48.5 Å². The SMILES string of the molecule is CC1(C)c2ccccc2-c2cc(-c3nc(-c4cccc(-c5ccccc5)c4)nc(-c4ccc(-c5ccccc5)cc4-n4c5cc(-c6ccccc6)ccc5c5c(-c6cccc7c6c6ccccc6n7-c6ccccc6)cccc54)n3)ccc21. The van der Waals surface area contributed by atoms with Gasteiger partial charge in [-0.15, -0.1) is 0 Å². The number of hydrogen-bond donors (Lipinski definition) is 0. The fourth-order valence-corrected chi connectivity index (χ4v) is 13.3. The predicted molar refractivity (Wildman–Crippen MR) is 344 cm³/mol. The number of rotatable bonds is 9. The minimum absolute atomic E-state index is 0.150. The van der Waals surface area contributed by atoms with E-state index in [0.717, 1.165) is 88.9 Å². The fraction of sp³-hybridized carbons (Fsp3) is 0.0385. The van der Waals surface area contributed by atoms with Gasteiger partial charge in [0.25, 0.3) is 0 Å². The van der Waals surface area contributed by atoms with Crippen LogP contribution in [0.2, 0.25) is 0 Å². The van der Waals surface area contributed by atoms with Gasteiger partial charge in [-0.2, -0.15) is 0 Å². The Morgan fingerprint density at radius 2 is 0.723 bits per heavy atom. The van der Waals surface area contributed by atoms with Crippen LogP contribution in [0, 0.1) is 0 Å². The van der Waals surface area contributed by atoms with Crippen molar-refractivity contribution in [3.8, 4) is 101 Å². The zero-order valence-corrected chi connectivity index (χ0v) is 45.9. The van der Waals surface area contributed by atoms with E-state index in [9.17, 15) is 0 Å². The second-order valence-electron chi connectivity index (χ2n) is 22.3. The van der Waals surface area contributed by atoms with Gasteiger partial charge in [-0.05, 0) is 127 Å². The molecule has 0 atom stereocenters. The van der Waals surface area contributed by atoms with Crippen LogP contribution < -0.4 is 0 Å². The maximum atomic E-state index is 5.61. The van der Waals surface area contributed by atoms with Gasteiger partial charge in [0.05, 0.1) is 27.8 Å². The molecule has 16 rings (SSSR count). The summed E-state index contributed by atoms with van der Waals surface area (Å²) in [7, 11) is 0. The molecule has 5 heteroatoms. The van der Waals surface area contributed by atoms with Crippen molar-refractivity contribution in [2.45, 2.75) is 19.3 Å². The number of aromatic nitrogens is 5. The average Bonchev–Trinajstić information content (AvgIpc) is 4.37. The molecule has 0 aliphatic heterocycles. The van der Waals surface area contributed by atoms with Gasteiger partial charge >= 0.3 is 0 Å². The van der Waals surface area contributed by atoms with Gasteiger partial charge in [-0.25, -0.2) is 15.0 Å². The van der Waals surface area contributed by atoms with Gasteiger partial charge in [0.1, 0.15) is 0 Å². The first-order chi connectivity index (χ1) is 40.9. The van der Waals surface area contributed by atoms with Crippen molar-refractivity contribution < 1.29 is 0 Å². The maximum absolute atomic E-state index is 5.61. The van der Waals surface area contributed by atoms with Crippen LogP contribution >= 0.6 is 0 Å². The molecule has 15 aromatic rings. The van der Waals surface area contributed by atoms with Crippen LogP contribution in [-0.2, 0) is 5.41 Å². The van der Waals surface area contributed by atoms with E-state index >= 15 is 0 Å². The molecule has 0 bridgehead atoms. The lowest BCUT2D eigenvalue weighted by molar-refractivity contribution is 0.660. The first kappa shape index (κ1) is 48.2. The van der Waals surface area contributed by atoms with E-state index in [0.29, 0.717) is 17.5 Å². The zero-order chi connectivity index (χ0) is 55.2. The first-order valence-electron chi connectivity index (χ1n) is 28.5. The lowest BCUT2D eigenvalue weighted by Crippen LogP contribution is -2.14. The second-order valence-corrected chi connectivity index (χ2v) is 22.3. The predicted octanol–water partition coefficient (Wildman–Crippen LogP) is 20.0. The molecule has 3 heterocycles. The Balaban J connectivity index is 0.986. The minimum atomic E-state index is -0.150. The lowest BCUT2D eigenvalue weighted by Gasteiger charge is -2.21. The highest BCUT2D eigenvalue weighted by Crippen LogP contribution is 2.50. The van der Waals surface area contributed by atoms with Crippen LogP contribution in [-0.4, -0.2) is 24.1 Å². The summed E-state index contributed by atoms with van der Waals surface area (Å²) in [6.07, 6.45) is 0. The van der Waals surface area contributed by atoms with Crippen molar-refractivity contribution in [2.24, 2.45) is 0 Å². The molecule has 0 saturated carbocycles. The normalized spacial score (nSPS) is 12.6. The molecule has 0 spiro atoms. The largest absolute Gasteiger partial charge is 0.309 e. The molecule has 0 amide bonds. The summed E-state index contributed by atoms with van der Waals surface area (Å²) in [5.74, 6) is 1.78. The van der Waals surface area contributed by atoms with Crippen molar-refractivity contribution in [1.82, 2.24) is 24.1 Å². The van der Waals surface area contributed by atoms with E-state index < -0.39 is 0 Å². The number of hydrogen-bond acceptors (Lipinski definition) is 3. The first-order valence-corrected chi connectivity index (χ1v) is 28.5. The summed E-state index contributed by atoms with van der Waals surface area (Å²) in [5, 5.41) is 4.73. The Labute approximate surface area is 481 Å². The van der Waals surface area contributed by atoms with Crippen LogP contribution in [0.15, 0.2) is 285 Å². The molecule has 3 aromatic heterocycles. The van der Waals surface area contributed by atoms with Crippen LogP contribution in [0.3, 0.4) is 0 Å². The van der Waals surface area contributed by atoms with Gasteiger partial charge in [0.2, 0.25) is 0 Å². The van der Waals surface area contributed by atoms with Crippen LogP contribution in [0.5, 0.6) is 0 Å². The molecule has 1 aliphatic rings. The van der Waals surface area contributed by atoms with E-state index in [1.165, 1.54) is 49.5 Å². The molecule has 12 aromatic carbocycles. The third-order valence-electron chi connectivity index (χ3n) is 17.2. The summed E-state index contributed by atoms with van der Waals surface area (Å²) < 4.78 is 4.88. The van der Waals surface area contributed by atoms with Gasteiger partial charge in [0, 0.05) is 49.3 Å². The molecule has 0 radical (unpaired) electrons. The molecule has 1 aliphatic carbocycles. The molecule has 5 nitrogen and oxygen atoms in total. The van der Waals surface area contributed by atoms with Gasteiger partial charge in [-0.1, -0.05) is 238 Å². The van der Waals surface area contributed by atoms with E-state index in [1.807, 2.05) is 0 Å². The van der Waals surface area contributed by atoms with Crippen LogP contribution in [0.4, 0.5) is 0 Å². The second kappa shape index (κ2) is 19.2. The third-order valence-corrected chi connectivity index (χ3v) is 17.2. The van der Waals surface area contributed by atoms with Gasteiger partial charge < -0.3 is 9.13 Å². The molecule has 0 N–H and O–H groups in total. The molecule has 0 unspecified atom stereocenters. The Bertz CT molecular complexity index is 5040. The van der Waals surface area contributed by atoms with Crippen molar-refractivity contribution in [2.75, 3.05) is 0 Å². The van der Waals surface area contributed by atoms with Crippen molar-refractivity contribution in [3.05, 3.63) is 296 Å². The van der Waals surface area contributed by atoms with Gasteiger partial charge in [-0.3, -0.25) is 0 Å². The summed E-state index contributed by atoms with van der Waals surface area (Å²) in [4.78, 5) is 16.6. The lowest BCUT2D eigenvalue weighted by atomic mass is 9.82. The van der Waals surface area contributed by atoms with E-state index in [1.54, 1.807) is 0 Å². The zero-order valence-electron chi connectivity index (χ0n) is 45.9. The highest BCUT2D eigenvalue weighted by atomic mass is 15.1. The number of benzene rings is 12. The van der Waals surface area contributed by atoms with E-state index in [4.69, 9.17) is 15.0 Å². The van der Waals surface area contributed by atoms with Crippen molar-refractivity contribution in [3.63, 3.8) is 0 Å². The molecule has 390 valence electrons. The van der Waals surface area contributed by atoms with E-state index in [2.05, 4.69) is 308 Å². The van der Waals surface area contributed by atoms with Gasteiger partial charge in [0.15, 0.2) is 17.5 Å². The summed E-state index contributed by atoms with van der Waals surface area (Å²) in [6.45, 7) is 4.64. The Morgan fingerprint density at radius 3 is 1.41 bits per heavy atom. The Hall–Kier alpha value is -10.8. The van der Waals surface area contributed by atoms with E-state index in [-0.39, 0.29) is 5.41 Å². The highest BCUT2D eigenvalue weighted by molar-refractivity contribution is 6.22. The summed E-state index contributed by atoms with van der Waals surface area (Å²) in [5.41, 5.74) is 23.2. The standard InChI is InChI=1S/C78H53N5/c1-78(2)66-36-17-15-32-59(66)65-47-57(42-45-67(65)78)76-79-75(56-29-19-28-53(46-56)50-22-7-3-8-23-50)80-77(81-76)64-44-41-55(52-26-11-5-12-27-52)49-72(64)83-70-39-21-35-61(74(70)63-43-40-54(48-71(63)83)51-24-9-4-10-25-51)60-34-20-38-69-73(60)62-33-16-18-37-68(62)82(69)58-30-13-6-14-31-58/h3-49H,1-2H3. The highest BCUT2D eigenvalue weighted by Gasteiger charge is 2.35. The smallest absolute Gasteiger partial charge is 0.166 e. The van der Waals surface area contributed by atoms with Crippen LogP contribution in [0.25, 0.3) is 145 Å². The third kappa shape index (κ3) is 7.88. The maximum Gasteiger partial charge on any atom is 0.166 e. The molecule has 0 fully saturated rings. The average molecular weight is 1060 g/mol. The van der Waals surface area contributed by atoms with Crippen molar-refractivity contribution >= 4 is 43.6 Å². The van der Waals surface area contributed by atoms with Crippen LogP contribution in [0.1, 0.15) is 25.0 Å². The fourth-order valence-electron chi connectivity index (χ4n) is 13.3. The molecule has 0 saturated heterocycles. The van der Waals surface area contributed by atoms with Crippen molar-refractivity contribution in [1.29, 1.82) is 0 Å². The molecular weight excluding hydrogens is 1010 g/mol. The Kier molecular flexibility index (Phi) is 11.2. The quantitative estimate of drug-likeness (QED) is 0.145. The number of fused-ring (bicyclic) bond motifs is 9.